The molecule has 2 saturated heterocycles. The Bertz CT molecular complexity index is 2200. The van der Waals surface area contributed by atoms with Crippen molar-refractivity contribution < 1.29 is 22.8 Å². The van der Waals surface area contributed by atoms with Gasteiger partial charge in [0.05, 0.1) is 23.1 Å². The van der Waals surface area contributed by atoms with Crippen molar-refractivity contribution in [3.8, 4) is 11.3 Å². The summed E-state index contributed by atoms with van der Waals surface area (Å²) < 4.78 is 32.1. The van der Waals surface area contributed by atoms with Gasteiger partial charge in [-0.3, -0.25) is 33.8 Å². The second-order valence-corrected chi connectivity index (χ2v) is 14.7. The van der Waals surface area contributed by atoms with Crippen LogP contribution in [0.3, 0.4) is 0 Å². The Balaban J connectivity index is 1.02. The monoisotopic (exact) mass is 703 g/mol. The van der Waals surface area contributed by atoms with E-state index in [1.54, 1.807) is 33.8 Å². The summed E-state index contributed by atoms with van der Waals surface area (Å²) in [5, 5.41) is 2.83. The minimum absolute atomic E-state index is 0.0286. The molecule has 3 aliphatic rings. The molecule has 3 aliphatic heterocycles. The number of piperazine rings is 1. The number of amides is 3. The smallest absolute Gasteiger partial charge is 0.276 e. The topological polar surface area (TPSA) is 146 Å². The Morgan fingerprint density at radius 1 is 1.04 bits per heavy atom. The fourth-order valence-corrected chi connectivity index (χ4v) is 8.37. The fraction of sp³-hybridized carbons (Fsp3) is 0.324. The number of aromatic nitrogens is 3. The second kappa shape index (κ2) is 13.0. The zero-order valence-corrected chi connectivity index (χ0v) is 28.3. The number of hydrogen-bond donors (Lipinski definition) is 1. The van der Waals surface area contributed by atoms with Crippen LogP contribution in [-0.2, 0) is 39.2 Å². The maximum absolute atomic E-state index is 13.7. The van der Waals surface area contributed by atoms with E-state index in [-0.39, 0.29) is 54.4 Å². The number of fused-ring (bicyclic) bond motifs is 2. The van der Waals surface area contributed by atoms with Crippen molar-refractivity contribution in [3.63, 3.8) is 0 Å². The van der Waals surface area contributed by atoms with Crippen molar-refractivity contribution in [3.05, 3.63) is 99.3 Å². The summed E-state index contributed by atoms with van der Waals surface area (Å²) in [6.45, 7) is 4.53. The standard InChI is InChI=1S/C34H34ClN7O6S/c1-2-3-10-39-20-30(42-21-36-17-29(42)34(39)46)22-4-5-24(27(35)15-22)18-38-11-13-40(14-12-38)49(47,48)25-7-6-23-19-41(33(45)26(23)16-25)28-8-9-31(43)37-32(28)44/h2-7,15-17,20-21,28H,8-14,18-19H2,1H3,(H,37,43,44)/b3-2+. The number of imidazole rings is 1. The summed E-state index contributed by atoms with van der Waals surface area (Å²) in [5.74, 6) is -1.30. The molecule has 13 nitrogen and oxygen atoms in total. The van der Waals surface area contributed by atoms with Gasteiger partial charge < -0.3 is 9.47 Å². The van der Waals surface area contributed by atoms with Gasteiger partial charge in [-0.15, -0.1) is 0 Å². The lowest BCUT2D eigenvalue weighted by Gasteiger charge is -2.34. The number of sulfonamides is 1. The zero-order valence-electron chi connectivity index (χ0n) is 26.7. The molecule has 4 aromatic rings. The number of piperidine rings is 1. The maximum atomic E-state index is 13.7. The first kappa shape index (κ1) is 32.9. The minimum Gasteiger partial charge on any atom is -0.322 e. The molecule has 0 radical (unpaired) electrons. The van der Waals surface area contributed by atoms with E-state index in [1.807, 2.05) is 37.3 Å². The molecule has 2 aromatic carbocycles. The number of nitrogens with zero attached hydrogens (tertiary/aromatic N) is 6. The molecule has 2 aromatic heterocycles. The van der Waals surface area contributed by atoms with Crippen molar-refractivity contribution in [1.29, 1.82) is 0 Å². The second-order valence-electron chi connectivity index (χ2n) is 12.4. The zero-order chi connectivity index (χ0) is 34.4. The molecule has 15 heteroatoms. The van der Waals surface area contributed by atoms with Crippen LogP contribution in [0.2, 0.25) is 5.02 Å². The molecule has 3 amide bonds. The van der Waals surface area contributed by atoms with Crippen LogP contribution in [0.5, 0.6) is 0 Å². The number of nitrogens with one attached hydrogen (secondary N) is 1. The minimum atomic E-state index is -3.88. The van der Waals surface area contributed by atoms with Crippen molar-refractivity contribution in [2.45, 2.75) is 50.3 Å². The molecule has 0 spiro atoms. The average Bonchev–Trinajstić information content (AvgIpc) is 3.71. The highest BCUT2D eigenvalue weighted by atomic mass is 35.5. The van der Waals surface area contributed by atoms with Crippen LogP contribution in [-0.4, -0.2) is 86.4 Å². The Morgan fingerprint density at radius 3 is 2.57 bits per heavy atom. The first-order valence-electron chi connectivity index (χ1n) is 16.0. The fourth-order valence-electron chi connectivity index (χ4n) is 6.68. The van der Waals surface area contributed by atoms with Crippen molar-refractivity contribution >= 4 is 44.9 Å². The summed E-state index contributed by atoms with van der Waals surface area (Å²) in [6.07, 6.45) is 9.14. The third kappa shape index (κ3) is 6.09. The Kier molecular flexibility index (Phi) is 8.73. The van der Waals surface area contributed by atoms with E-state index in [0.29, 0.717) is 42.3 Å². The molecule has 254 valence electrons. The number of rotatable bonds is 8. The number of hydrogen-bond acceptors (Lipinski definition) is 8. The number of halogens is 1. The molecular weight excluding hydrogens is 670 g/mol. The summed E-state index contributed by atoms with van der Waals surface area (Å²) >= 11 is 6.79. The van der Waals surface area contributed by atoms with Crippen LogP contribution in [0.15, 0.2) is 77.0 Å². The van der Waals surface area contributed by atoms with Crippen LogP contribution in [0.4, 0.5) is 0 Å². The van der Waals surface area contributed by atoms with Crippen LogP contribution in [0.25, 0.3) is 16.8 Å². The SMILES string of the molecule is C/C=C/Cn1cc(-c2ccc(CN3CCN(S(=O)(=O)c4ccc5c(c4)C(=O)N(C4CCC(=O)NC4=O)C5)CC3)c(Cl)c2)n2cncc2c1=O. The number of benzene rings is 2. The van der Waals surface area contributed by atoms with E-state index < -0.39 is 27.9 Å². The summed E-state index contributed by atoms with van der Waals surface area (Å²) in [5.41, 5.74) is 3.73. The molecule has 5 heterocycles. The highest BCUT2D eigenvalue weighted by molar-refractivity contribution is 7.89. The quantitative estimate of drug-likeness (QED) is 0.218. The molecule has 0 saturated carbocycles. The summed E-state index contributed by atoms with van der Waals surface area (Å²) in [4.78, 5) is 57.8. The summed E-state index contributed by atoms with van der Waals surface area (Å²) in [6, 6.07) is 9.54. The predicted molar refractivity (Wildman–Crippen MR) is 181 cm³/mol. The van der Waals surface area contributed by atoms with Gasteiger partial charge in [0.1, 0.15) is 11.6 Å². The van der Waals surface area contributed by atoms with E-state index in [0.717, 1.165) is 16.8 Å². The van der Waals surface area contributed by atoms with Gasteiger partial charge in [0.25, 0.3) is 11.5 Å². The van der Waals surface area contributed by atoms with Gasteiger partial charge in [0.15, 0.2) is 0 Å². The van der Waals surface area contributed by atoms with Crippen molar-refractivity contribution in [1.82, 2.24) is 33.4 Å². The van der Waals surface area contributed by atoms with E-state index in [2.05, 4.69) is 15.2 Å². The highest BCUT2D eigenvalue weighted by Gasteiger charge is 2.40. The lowest BCUT2D eigenvalue weighted by molar-refractivity contribution is -0.136. The van der Waals surface area contributed by atoms with Gasteiger partial charge in [0.2, 0.25) is 21.8 Å². The van der Waals surface area contributed by atoms with Crippen LogP contribution in [0.1, 0.15) is 41.3 Å². The normalized spacial score (nSPS) is 19.3. The first-order valence-corrected chi connectivity index (χ1v) is 17.8. The molecule has 0 bridgehead atoms. The van der Waals surface area contributed by atoms with Gasteiger partial charge in [-0.2, -0.15) is 4.31 Å². The van der Waals surface area contributed by atoms with Gasteiger partial charge in [0, 0.05) is 74.6 Å². The number of allylic oxidation sites excluding steroid dienone is 2. The maximum Gasteiger partial charge on any atom is 0.276 e. The van der Waals surface area contributed by atoms with Gasteiger partial charge >= 0.3 is 0 Å². The predicted octanol–water partition coefficient (Wildman–Crippen LogP) is 2.66. The molecule has 7 rings (SSSR count). The van der Waals surface area contributed by atoms with Crippen LogP contribution in [0, 0.1) is 0 Å². The Morgan fingerprint density at radius 2 is 1.84 bits per heavy atom. The average molecular weight is 704 g/mol. The molecule has 1 N–H and O–H groups in total. The van der Waals surface area contributed by atoms with Crippen molar-refractivity contribution in [2.75, 3.05) is 26.2 Å². The largest absolute Gasteiger partial charge is 0.322 e. The van der Waals surface area contributed by atoms with E-state index in [1.165, 1.54) is 21.3 Å². The molecule has 1 unspecified atom stereocenters. The molecule has 49 heavy (non-hydrogen) atoms. The van der Waals surface area contributed by atoms with Crippen molar-refractivity contribution in [2.24, 2.45) is 0 Å². The van der Waals surface area contributed by atoms with Gasteiger partial charge in [-0.05, 0) is 42.7 Å². The molecule has 1 atom stereocenters. The highest BCUT2D eigenvalue weighted by Crippen LogP contribution is 2.31. The van der Waals surface area contributed by atoms with E-state index >= 15 is 0 Å². The summed E-state index contributed by atoms with van der Waals surface area (Å²) in [7, 11) is -3.88. The van der Waals surface area contributed by atoms with Gasteiger partial charge in [-0.25, -0.2) is 13.4 Å². The molecular formula is C34H34ClN7O6S. The van der Waals surface area contributed by atoms with Crippen LogP contribution < -0.4 is 10.9 Å². The molecule has 2 fully saturated rings. The first-order chi connectivity index (χ1) is 23.5. The van der Waals surface area contributed by atoms with E-state index in [4.69, 9.17) is 11.6 Å². The lowest BCUT2D eigenvalue weighted by Crippen LogP contribution is -2.52. The number of imide groups is 1. The molecule has 0 aliphatic carbocycles. The number of carbonyl (C=O) groups is 3. The van der Waals surface area contributed by atoms with E-state index in [9.17, 15) is 27.6 Å². The third-order valence-corrected chi connectivity index (χ3v) is 11.7. The van der Waals surface area contributed by atoms with Crippen LogP contribution >= 0.6 is 11.6 Å². The Labute approximate surface area is 287 Å². The Hall–Kier alpha value is -4.63. The lowest BCUT2D eigenvalue weighted by atomic mass is 10.0. The van der Waals surface area contributed by atoms with Gasteiger partial charge in [-0.1, -0.05) is 42.0 Å². The number of carbonyl (C=O) groups excluding carboxylic acids is 3. The third-order valence-electron chi connectivity index (χ3n) is 9.41.